The number of ether oxygens (including phenoxy) is 1. The van der Waals surface area contributed by atoms with E-state index in [1.54, 1.807) is 20.8 Å². The molecule has 1 aromatic rings. The van der Waals surface area contributed by atoms with Gasteiger partial charge >= 0.3 is 6.09 Å². The van der Waals surface area contributed by atoms with E-state index in [-0.39, 0.29) is 18.3 Å². The van der Waals surface area contributed by atoms with Crippen LogP contribution in [0.2, 0.25) is 0 Å². The van der Waals surface area contributed by atoms with Crippen LogP contribution in [0.3, 0.4) is 0 Å². The molecular weight excluding hydrogens is 256 g/mol. The Kier molecular flexibility index (Phi) is 5.00. The number of alkyl carbamates (subject to hydrolysis) is 1. The molecule has 0 radical (unpaired) electrons. The minimum absolute atomic E-state index is 0.253. The quantitative estimate of drug-likeness (QED) is 0.794. The summed E-state index contributed by atoms with van der Waals surface area (Å²) >= 11 is 0. The van der Waals surface area contributed by atoms with Crippen LogP contribution in [0.5, 0.6) is 5.75 Å². The Balaban J connectivity index is 2.89. The van der Waals surface area contributed by atoms with Crippen molar-refractivity contribution < 1.29 is 14.6 Å². The predicted molar refractivity (Wildman–Crippen MR) is 78.7 cm³/mol. The summed E-state index contributed by atoms with van der Waals surface area (Å²) in [6.07, 6.45) is -0.503. The minimum Gasteiger partial charge on any atom is -0.507 e. The second-order valence-corrected chi connectivity index (χ2v) is 5.94. The van der Waals surface area contributed by atoms with Crippen LogP contribution in [0, 0.1) is 13.8 Å². The third-order valence-corrected chi connectivity index (χ3v) is 2.84. The molecule has 0 aliphatic carbocycles. The molecule has 1 atom stereocenters. The third kappa shape index (κ3) is 4.42. The van der Waals surface area contributed by atoms with E-state index in [9.17, 15) is 9.90 Å². The van der Waals surface area contributed by atoms with Crippen LogP contribution in [-0.4, -0.2) is 23.3 Å². The first-order valence-electron chi connectivity index (χ1n) is 6.63. The summed E-state index contributed by atoms with van der Waals surface area (Å²) in [5.74, 6) is 0.266. The zero-order valence-electron chi connectivity index (χ0n) is 12.8. The molecule has 0 spiro atoms. The molecule has 1 amide bonds. The fourth-order valence-corrected chi connectivity index (χ4v) is 1.92. The lowest BCUT2D eigenvalue weighted by Gasteiger charge is -2.23. The molecule has 1 rings (SSSR count). The number of benzene rings is 1. The Morgan fingerprint density at radius 3 is 2.25 bits per heavy atom. The second-order valence-electron chi connectivity index (χ2n) is 5.94. The van der Waals surface area contributed by atoms with Crippen molar-refractivity contribution in [3.63, 3.8) is 0 Å². The number of carbonyl (C=O) groups is 1. The highest BCUT2D eigenvalue weighted by Gasteiger charge is 2.20. The van der Waals surface area contributed by atoms with Crippen molar-refractivity contribution in [2.75, 3.05) is 6.54 Å². The number of hydrogen-bond donors (Lipinski definition) is 3. The van der Waals surface area contributed by atoms with Gasteiger partial charge in [0.2, 0.25) is 0 Å². The van der Waals surface area contributed by atoms with Crippen LogP contribution >= 0.6 is 0 Å². The standard InChI is InChI=1S/C15H24N2O3/c1-9-6-11(7-10(2)13(9)18)12(8-16)17-14(19)20-15(3,4)5/h6-7,12,18H,8,16H2,1-5H3,(H,17,19). The van der Waals surface area contributed by atoms with Crippen LogP contribution in [-0.2, 0) is 4.74 Å². The number of rotatable bonds is 3. The molecule has 0 aliphatic heterocycles. The number of nitrogens with two attached hydrogens (primary N) is 1. The highest BCUT2D eigenvalue weighted by atomic mass is 16.6. The lowest BCUT2D eigenvalue weighted by molar-refractivity contribution is 0.0505. The molecule has 5 heteroatoms. The molecule has 0 fully saturated rings. The average molecular weight is 280 g/mol. The molecular formula is C15H24N2O3. The molecule has 1 aromatic carbocycles. The lowest BCUT2D eigenvalue weighted by Crippen LogP contribution is -2.37. The molecule has 0 heterocycles. The summed E-state index contributed by atoms with van der Waals surface area (Å²) in [5, 5.41) is 12.5. The summed E-state index contributed by atoms with van der Waals surface area (Å²) in [4.78, 5) is 11.8. The van der Waals surface area contributed by atoms with Crippen molar-refractivity contribution in [3.05, 3.63) is 28.8 Å². The largest absolute Gasteiger partial charge is 0.507 e. The number of nitrogens with one attached hydrogen (secondary N) is 1. The van der Waals surface area contributed by atoms with E-state index in [1.807, 2.05) is 26.0 Å². The Morgan fingerprint density at radius 1 is 1.35 bits per heavy atom. The maximum absolute atomic E-state index is 11.8. The van der Waals surface area contributed by atoms with Crippen LogP contribution in [0.4, 0.5) is 4.79 Å². The molecule has 1 unspecified atom stereocenters. The van der Waals surface area contributed by atoms with Crippen molar-refractivity contribution in [2.24, 2.45) is 5.73 Å². The first kappa shape index (κ1) is 16.3. The number of aromatic hydroxyl groups is 1. The maximum atomic E-state index is 11.8. The SMILES string of the molecule is Cc1cc(C(CN)NC(=O)OC(C)(C)C)cc(C)c1O. The second kappa shape index (κ2) is 6.13. The summed E-state index contributed by atoms with van der Waals surface area (Å²) in [5.41, 5.74) is 7.53. The van der Waals surface area contributed by atoms with Gasteiger partial charge in [-0.1, -0.05) is 12.1 Å². The highest BCUT2D eigenvalue weighted by molar-refractivity contribution is 5.68. The van der Waals surface area contributed by atoms with Crippen LogP contribution in [0.15, 0.2) is 12.1 Å². The van der Waals surface area contributed by atoms with E-state index in [0.29, 0.717) is 0 Å². The molecule has 5 nitrogen and oxygen atoms in total. The van der Waals surface area contributed by atoms with Gasteiger partial charge in [0.1, 0.15) is 11.4 Å². The number of aryl methyl sites for hydroxylation is 2. The number of phenolic OH excluding ortho intramolecular Hbond substituents is 1. The van der Waals surface area contributed by atoms with Crippen molar-refractivity contribution >= 4 is 6.09 Å². The van der Waals surface area contributed by atoms with Gasteiger partial charge in [-0.3, -0.25) is 0 Å². The van der Waals surface area contributed by atoms with E-state index in [1.165, 1.54) is 0 Å². The third-order valence-electron chi connectivity index (χ3n) is 2.84. The van der Waals surface area contributed by atoms with E-state index in [4.69, 9.17) is 10.5 Å². The van der Waals surface area contributed by atoms with Gasteiger partial charge in [0.05, 0.1) is 6.04 Å². The van der Waals surface area contributed by atoms with Crippen molar-refractivity contribution in [1.82, 2.24) is 5.32 Å². The van der Waals surface area contributed by atoms with Gasteiger partial charge in [0.25, 0.3) is 0 Å². The summed E-state index contributed by atoms with van der Waals surface area (Å²) in [6, 6.07) is 3.29. The number of hydrogen-bond acceptors (Lipinski definition) is 4. The van der Waals surface area contributed by atoms with Gasteiger partial charge < -0.3 is 20.9 Å². The smallest absolute Gasteiger partial charge is 0.408 e. The minimum atomic E-state index is -0.552. The van der Waals surface area contributed by atoms with Crippen LogP contribution in [0.1, 0.15) is 43.5 Å². The fourth-order valence-electron chi connectivity index (χ4n) is 1.92. The van der Waals surface area contributed by atoms with E-state index >= 15 is 0 Å². The summed E-state index contributed by atoms with van der Waals surface area (Å²) in [7, 11) is 0. The Hall–Kier alpha value is -1.75. The first-order chi connectivity index (χ1) is 9.14. The highest BCUT2D eigenvalue weighted by Crippen LogP contribution is 2.26. The normalized spacial score (nSPS) is 12.9. The van der Waals surface area contributed by atoms with E-state index < -0.39 is 11.7 Å². The molecule has 0 saturated heterocycles. The Morgan fingerprint density at radius 2 is 1.85 bits per heavy atom. The number of carbonyl (C=O) groups excluding carboxylic acids is 1. The molecule has 4 N–H and O–H groups in total. The Labute approximate surface area is 120 Å². The zero-order valence-corrected chi connectivity index (χ0v) is 12.8. The van der Waals surface area contributed by atoms with Crippen LogP contribution in [0.25, 0.3) is 0 Å². The molecule has 112 valence electrons. The monoisotopic (exact) mass is 280 g/mol. The van der Waals surface area contributed by atoms with Crippen molar-refractivity contribution in [3.8, 4) is 5.75 Å². The molecule has 0 aliphatic rings. The van der Waals surface area contributed by atoms with Gasteiger partial charge in [0, 0.05) is 6.54 Å². The first-order valence-corrected chi connectivity index (χ1v) is 6.63. The van der Waals surface area contributed by atoms with Gasteiger partial charge in [-0.15, -0.1) is 0 Å². The van der Waals surface area contributed by atoms with Crippen molar-refractivity contribution in [2.45, 2.75) is 46.3 Å². The molecule has 0 bridgehead atoms. The fraction of sp³-hybridized carbons (Fsp3) is 0.533. The van der Waals surface area contributed by atoms with Crippen LogP contribution < -0.4 is 11.1 Å². The lowest BCUT2D eigenvalue weighted by atomic mass is 10.0. The van der Waals surface area contributed by atoms with Crippen molar-refractivity contribution in [1.29, 1.82) is 0 Å². The van der Waals surface area contributed by atoms with E-state index in [2.05, 4.69) is 5.32 Å². The maximum Gasteiger partial charge on any atom is 0.408 e. The average Bonchev–Trinajstić information content (AvgIpc) is 2.30. The summed E-state index contributed by atoms with van der Waals surface area (Å²) in [6.45, 7) is 9.29. The van der Waals surface area contributed by atoms with Gasteiger partial charge in [-0.2, -0.15) is 0 Å². The molecule has 0 saturated carbocycles. The van der Waals surface area contributed by atoms with E-state index in [0.717, 1.165) is 16.7 Å². The molecule has 0 aromatic heterocycles. The van der Waals surface area contributed by atoms with Gasteiger partial charge in [-0.05, 0) is 51.3 Å². The van der Waals surface area contributed by atoms with Gasteiger partial charge in [0.15, 0.2) is 0 Å². The number of phenols is 1. The molecule has 20 heavy (non-hydrogen) atoms. The van der Waals surface area contributed by atoms with Gasteiger partial charge in [-0.25, -0.2) is 4.79 Å². The number of amides is 1. The Bertz CT molecular complexity index is 469. The topological polar surface area (TPSA) is 84.6 Å². The predicted octanol–water partition coefficient (Wildman–Crippen LogP) is 2.53. The summed E-state index contributed by atoms with van der Waals surface area (Å²) < 4.78 is 5.22. The zero-order chi connectivity index (χ0) is 15.5.